The van der Waals surface area contributed by atoms with Crippen molar-refractivity contribution >= 4 is 23.7 Å². The number of carbonyl (C=O) groups is 4. The Balaban J connectivity index is 2.16. The Kier molecular flexibility index (Phi) is 16.7. The van der Waals surface area contributed by atoms with Crippen LogP contribution in [0.4, 0.5) is 0 Å². The second kappa shape index (κ2) is 19.3. The van der Waals surface area contributed by atoms with Gasteiger partial charge in [0.2, 0.25) is 17.7 Å². The zero-order valence-corrected chi connectivity index (χ0v) is 22.0. The number of rotatable bonds is 20. The number of carboxylic acids is 1. The van der Waals surface area contributed by atoms with Crippen LogP contribution in [-0.2, 0) is 25.6 Å². The Bertz CT molecular complexity index is 785. The summed E-state index contributed by atoms with van der Waals surface area (Å²) in [4.78, 5) is 48.0. The smallest absolute Gasteiger partial charge is 0.326 e. The summed E-state index contributed by atoms with van der Waals surface area (Å²) in [5, 5.41) is 17.0. The molecule has 0 aromatic heterocycles. The minimum absolute atomic E-state index is 0.137. The van der Waals surface area contributed by atoms with Crippen LogP contribution in [0.1, 0.15) is 96.5 Å². The lowest BCUT2D eigenvalue weighted by Crippen LogP contribution is -2.52. The second-order valence-corrected chi connectivity index (χ2v) is 9.44. The predicted molar refractivity (Wildman–Crippen MR) is 141 cm³/mol. The number of amides is 3. The van der Waals surface area contributed by atoms with Crippen LogP contribution in [0.2, 0.25) is 0 Å². The first-order valence-electron chi connectivity index (χ1n) is 13.5. The molecule has 3 amide bonds. The Morgan fingerprint density at radius 1 is 0.778 bits per heavy atom. The second-order valence-electron chi connectivity index (χ2n) is 9.44. The molecule has 36 heavy (non-hydrogen) atoms. The SMILES string of the molecule is CCCCCCCCCCCCCC(=O)NCC(=O)N[C@@H](C)C(=O)N[C@@H](Cc1ccccc1)C(=O)O. The van der Waals surface area contributed by atoms with E-state index in [2.05, 4.69) is 22.9 Å². The molecule has 0 saturated heterocycles. The Morgan fingerprint density at radius 2 is 1.33 bits per heavy atom. The van der Waals surface area contributed by atoms with Gasteiger partial charge in [0, 0.05) is 12.8 Å². The molecule has 0 unspecified atom stereocenters. The van der Waals surface area contributed by atoms with E-state index in [9.17, 15) is 24.3 Å². The van der Waals surface area contributed by atoms with Gasteiger partial charge >= 0.3 is 5.97 Å². The third kappa shape index (κ3) is 15.2. The van der Waals surface area contributed by atoms with Gasteiger partial charge in [-0.15, -0.1) is 0 Å². The van der Waals surface area contributed by atoms with E-state index in [0.717, 1.165) is 24.8 Å². The summed E-state index contributed by atoms with van der Waals surface area (Å²) in [5.74, 6) is -2.44. The predicted octanol–water partition coefficient (Wildman–Crippen LogP) is 4.12. The van der Waals surface area contributed by atoms with E-state index in [1.807, 2.05) is 6.07 Å². The summed E-state index contributed by atoms with van der Waals surface area (Å²) in [6.45, 7) is 3.48. The average Bonchev–Trinajstić information content (AvgIpc) is 2.86. The van der Waals surface area contributed by atoms with E-state index in [4.69, 9.17) is 0 Å². The minimum Gasteiger partial charge on any atom is -0.480 e. The summed E-state index contributed by atoms with van der Waals surface area (Å²) < 4.78 is 0. The number of nitrogens with one attached hydrogen (secondary N) is 3. The highest BCUT2D eigenvalue weighted by atomic mass is 16.4. The molecular formula is C28H45N3O5. The maximum absolute atomic E-state index is 12.4. The van der Waals surface area contributed by atoms with Crippen LogP contribution in [0.3, 0.4) is 0 Å². The Morgan fingerprint density at radius 3 is 1.89 bits per heavy atom. The summed E-state index contributed by atoms with van der Waals surface area (Å²) in [5.41, 5.74) is 0.780. The molecule has 0 aliphatic heterocycles. The largest absolute Gasteiger partial charge is 0.480 e. The quantitative estimate of drug-likeness (QED) is 0.199. The zero-order chi connectivity index (χ0) is 26.6. The van der Waals surface area contributed by atoms with Crippen LogP contribution >= 0.6 is 0 Å². The fraction of sp³-hybridized carbons (Fsp3) is 0.643. The first kappa shape index (κ1) is 31.1. The Hall–Kier alpha value is -2.90. The summed E-state index contributed by atoms with van der Waals surface area (Å²) >= 11 is 0. The van der Waals surface area contributed by atoms with E-state index in [-0.39, 0.29) is 18.9 Å². The molecule has 0 bridgehead atoms. The van der Waals surface area contributed by atoms with Gasteiger partial charge in [0.05, 0.1) is 6.54 Å². The normalized spacial score (nSPS) is 12.4. The first-order valence-corrected chi connectivity index (χ1v) is 13.5. The van der Waals surface area contributed by atoms with Crippen molar-refractivity contribution in [1.82, 2.24) is 16.0 Å². The van der Waals surface area contributed by atoms with Crippen molar-refractivity contribution in [2.24, 2.45) is 0 Å². The van der Waals surface area contributed by atoms with Gasteiger partial charge in [-0.1, -0.05) is 101 Å². The molecule has 0 fully saturated rings. The van der Waals surface area contributed by atoms with Crippen LogP contribution in [0, 0.1) is 0 Å². The van der Waals surface area contributed by atoms with E-state index in [1.165, 1.54) is 58.3 Å². The molecule has 1 rings (SSSR count). The van der Waals surface area contributed by atoms with Crippen LogP contribution in [-0.4, -0.2) is 47.4 Å². The van der Waals surface area contributed by atoms with Crippen molar-refractivity contribution in [1.29, 1.82) is 0 Å². The number of benzene rings is 1. The number of carboxylic acid groups (broad SMARTS) is 1. The molecule has 8 heteroatoms. The molecule has 0 saturated carbocycles. The molecule has 0 radical (unpaired) electrons. The topological polar surface area (TPSA) is 125 Å². The zero-order valence-electron chi connectivity index (χ0n) is 22.0. The molecule has 4 N–H and O–H groups in total. The highest BCUT2D eigenvalue weighted by Gasteiger charge is 2.24. The van der Waals surface area contributed by atoms with E-state index in [0.29, 0.717) is 6.42 Å². The molecule has 1 aromatic carbocycles. The highest BCUT2D eigenvalue weighted by Crippen LogP contribution is 2.12. The van der Waals surface area contributed by atoms with E-state index < -0.39 is 29.9 Å². The monoisotopic (exact) mass is 503 g/mol. The molecular weight excluding hydrogens is 458 g/mol. The van der Waals surface area contributed by atoms with Crippen molar-refractivity contribution in [2.45, 2.75) is 109 Å². The third-order valence-corrected chi connectivity index (χ3v) is 6.12. The van der Waals surface area contributed by atoms with Crippen molar-refractivity contribution < 1.29 is 24.3 Å². The van der Waals surface area contributed by atoms with E-state index in [1.54, 1.807) is 24.3 Å². The standard InChI is InChI=1S/C28H45N3O5/c1-3-4-5-6-7-8-9-10-11-12-16-19-25(32)29-21-26(33)30-22(2)27(34)31-24(28(35)36)20-23-17-14-13-15-18-23/h13-15,17-18,22,24H,3-12,16,19-21H2,1-2H3,(H,29,32)(H,30,33)(H,31,34)(H,35,36)/t22-,24-/m0/s1. The van der Waals surface area contributed by atoms with Gasteiger partial charge in [-0.2, -0.15) is 0 Å². The van der Waals surface area contributed by atoms with Gasteiger partial charge < -0.3 is 21.1 Å². The maximum atomic E-state index is 12.4. The van der Waals surface area contributed by atoms with Crippen molar-refractivity contribution in [3.8, 4) is 0 Å². The van der Waals surface area contributed by atoms with Crippen LogP contribution in [0.5, 0.6) is 0 Å². The van der Waals surface area contributed by atoms with Gasteiger partial charge in [0.1, 0.15) is 12.1 Å². The fourth-order valence-electron chi connectivity index (χ4n) is 3.92. The molecule has 0 aliphatic rings. The summed E-state index contributed by atoms with van der Waals surface area (Å²) in [7, 11) is 0. The first-order chi connectivity index (χ1) is 17.3. The van der Waals surface area contributed by atoms with Crippen LogP contribution in [0.15, 0.2) is 30.3 Å². The Labute approximate surface area is 216 Å². The van der Waals surface area contributed by atoms with Gasteiger partial charge in [-0.05, 0) is 18.9 Å². The molecule has 0 heterocycles. The van der Waals surface area contributed by atoms with Crippen LogP contribution in [0.25, 0.3) is 0 Å². The molecule has 1 aromatic rings. The molecule has 2 atom stereocenters. The van der Waals surface area contributed by atoms with E-state index >= 15 is 0 Å². The lowest BCUT2D eigenvalue weighted by molar-refractivity contribution is -0.142. The molecule has 8 nitrogen and oxygen atoms in total. The number of hydrogen-bond donors (Lipinski definition) is 4. The summed E-state index contributed by atoms with van der Waals surface area (Å²) in [6.07, 6.45) is 13.8. The molecule has 0 spiro atoms. The number of unbranched alkanes of at least 4 members (excludes halogenated alkanes) is 10. The van der Waals surface area contributed by atoms with Crippen molar-refractivity contribution in [2.75, 3.05) is 6.54 Å². The number of aliphatic carboxylic acids is 1. The minimum atomic E-state index is -1.15. The van der Waals surface area contributed by atoms with Crippen molar-refractivity contribution in [3.63, 3.8) is 0 Å². The maximum Gasteiger partial charge on any atom is 0.326 e. The lowest BCUT2D eigenvalue weighted by atomic mass is 10.1. The number of hydrogen-bond acceptors (Lipinski definition) is 4. The van der Waals surface area contributed by atoms with Gasteiger partial charge in [-0.25, -0.2) is 4.79 Å². The molecule has 0 aliphatic carbocycles. The number of carbonyl (C=O) groups excluding carboxylic acids is 3. The van der Waals surface area contributed by atoms with Gasteiger partial charge in [0.15, 0.2) is 0 Å². The highest BCUT2D eigenvalue weighted by molar-refractivity contribution is 5.91. The van der Waals surface area contributed by atoms with Crippen molar-refractivity contribution in [3.05, 3.63) is 35.9 Å². The average molecular weight is 504 g/mol. The summed E-state index contributed by atoms with van der Waals surface area (Å²) in [6, 6.07) is 6.95. The third-order valence-electron chi connectivity index (χ3n) is 6.12. The van der Waals surface area contributed by atoms with Gasteiger partial charge in [-0.3, -0.25) is 14.4 Å². The fourth-order valence-corrected chi connectivity index (χ4v) is 3.92. The van der Waals surface area contributed by atoms with Gasteiger partial charge in [0.25, 0.3) is 0 Å². The molecule has 202 valence electrons. The lowest BCUT2D eigenvalue weighted by Gasteiger charge is -2.19. The van der Waals surface area contributed by atoms with Crippen LogP contribution < -0.4 is 16.0 Å².